The molecule has 3 amide bonds. The molecule has 0 aromatic rings. The van der Waals surface area contributed by atoms with Crippen molar-refractivity contribution >= 4 is 29.4 Å². The van der Waals surface area contributed by atoms with E-state index in [9.17, 15) is 29.4 Å². The van der Waals surface area contributed by atoms with E-state index in [2.05, 4.69) is 41.6 Å². The number of nitrogens with two attached hydrogens (primary N) is 1. The molecule has 0 aliphatic heterocycles. The van der Waals surface area contributed by atoms with Crippen LogP contribution in [-0.4, -0.2) is 63.9 Å². The number of carbonyl (C=O) groups is 4. The number of aliphatic carboxylic acids is 1. The maximum absolute atomic E-state index is 12.7. The molecule has 0 unspecified atom stereocenters. The Balaban J connectivity index is 1.35. The fourth-order valence-electron chi connectivity index (χ4n) is 8.48. The molecule has 236 valence electrons. The highest BCUT2D eigenvalue weighted by atomic mass is 16.6. The van der Waals surface area contributed by atoms with Gasteiger partial charge in [-0.2, -0.15) is 0 Å². The summed E-state index contributed by atoms with van der Waals surface area (Å²) in [6, 6.07) is -2.53. The Morgan fingerprint density at radius 2 is 1.81 bits per heavy atom. The Hall–Kier alpha value is -3.39. The van der Waals surface area contributed by atoms with Gasteiger partial charge in [-0.1, -0.05) is 44.3 Å². The molecule has 11 heteroatoms. The maximum Gasteiger partial charge on any atom is 0.326 e. The number of fused-ring (bicyclic) bond motifs is 5. The summed E-state index contributed by atoms with van der Waals surface area (Å²) in [7, 11) is 0. The fourth-order valence-corrected chi connectivity index (χ4v) is 8.48. The number of rotatable bonds is 10. The van der Waals surface area contributed by atoms with Gasteiger partial charge in [-0.15, -0.1) is 6.42 Å². The van der Waals surface area contributed by atoms with Crippen LogP contribution in [0.3, 0.4) is 0 Å². The maximum atomic E-state index is 12.7. The lowest BCUT2D eigenvalue weighted by Gasteiger charge is -2.58. The molecule has 4 aliphatic rings. The molecular weight excluding hydrogens is 552 g/mol. The van der Waals surface area contributed by atoms with Gasteiger partial charge in [0.2, 0.25) is 11.8 Å². The second-order valence-corrected chi connectivity index (χ2v) is 13.7. The number of primary amides is 1. The van der Waals surface area contributed by atoms with Gasteiger partial charge in [-0.05, 0) is 86.5 Å². The van der Waals surface area contributed by atoms with Gasteiger partial charge in [0.05, 0.1) is 12.1 Å². The third-order valence-electron chi connectivity index (χ3n) is 11.0. The minimum Gasteiger partial charge on any atom is -0.480 e. The largest absolute Gasteiger partial charge is 0.480 e. The van der Waals surface area contributed by atoms with E-state index in [4.69, 9.17) is 17.0 Å². The van der Waals surface area contributed by atoms with E-state index < -0.39 is 54.4 Å². The number of carboxylic acids is 1. The molecular formula is C32H46N4O7. The molecule has 8 atom stereocenters. The Morgan fingerprint density at radius 3 is 2.44 bits per heavy atom. The van der Waals surface area contributed by atoms with Crippen LogP contribution < -0.4 is 16.4 Å². The average molecular weight is 599 g/mol. The molecule has 0 aromatic carbocycles. The molecule has 4 rings (SSSR count). The van der Waals surface area contributed by atoms with Crippen molar-refractivity contribution in [2.45, 2.75) is 103 Å². The number of oxime groups is 1. The number of amides is 3. The molecule has 0 spiro atoms. The third-order valence-corrected chi connectivity index (χ3v) is 11.0. The smallest absolute Gasteiger partial charge is 0.326 e. The zero-order chi connectivity index (χ0) is 31.7. The summed E-state index contributed by atoms with van der Waals surface area (Å²) in [4.78, 5) is 53.2. The number of aliphatic hydroxyl groups is 1. The second kappa shape index (κ2) is 12.3. The summed E-state index contributed by atoms with van der Waals surface area (Å²) in [5, 5.41) is 29.6. The van der Waals surface area contributed by atoms with E-state index in [1.807, 2.05) is 0 Å². The first kappa shape index (κ1) is 32.5. The van der Waals surface area contributed by atoms with E-state index in [1.54, 1.807) is 13.8 Å². The van der Waals surface area contributed by atoms with Crippen LogP contribution in [0.15, 0.2) is 16.8 Å². The van der Waals surface area contributed by atoms with Gasteiger partial charge < -0.3 is 31.4 Å². The van der Waals surface area contributed by atoms with Crippen LogP contribution in [0.1, 0.15) is 85.5 Å². The standard InChI is InChI=1S/C32H46N4O7/c1-6-32(42)14-11-23-21-8-7-19-15-20(9-12-30(19,4)22(21)10-13-31(23,32)5)36-43-17-26(38)35-27(18(2)3)28(39)34-24(29(40)41)16-25(33)37/h1,15,18,21-24,27,42H,7-14,16-17H2,2-5H3,(H2,33,37)(H,34,39)(H,35,38)(H,40,41)/b36-20-/t21-,22-,23-,24+,27+,30+,31+,32-/m1/s1. The van der Waals surface area contributed by atoms with E-state index in [0.717, 1.165) is 44.2 Å². The normalized spacial score (nSPS) is 35.3. The zero-order valence-corrected chi connectivity index (χ0v) is 25.7. The number of carbonyl (C=O) groups excluding carboxylic acids is 3. The Labute approximate surface area is 253 Å². The van der Waals surface area contributed by atoms with Crippen molar-refractivity contribution in [1.29, 1.82) is 0 Å². The monoisotopic (exact) mass is 598 g/mol. The molecule has 0 radical (unpaired) electrons. The second-order valence-electron chi connectivity index (χ2n) is 13.7. The van der Waals surface area contributed by atoms with E-state index in [-0.39, 0.29) is 16.7 Å². The predicted molar refractivity (Wildman–Crippen MR) is 159 cm³/mol. The predicted octanol–water partition coefficient (Wildman–Crippen LogP) is 2.27. The highest BCUT2D eigenvalue weighted by Gasteiger charge is 2.63. The summed E-state index contributed by atoms with van der Waals surface area (Å²) in [6.07, 6.45) is 14.7. The molecule has 0 bridgehead atoms. The number of terminal acetylenes is 1. The quantitative estimate of drug-likeness (QED) is 0.189. The van der Waals surface area contributed by atoms with Crippen LogP contribution in [0.25, 0.3) is 0 Å². The molecule has 43 heavy (non-hydrogen) atoms. The van der Waals surface area contributed by atoms with Gasteiger partial charge >= 0.3 is 5.97 Å². The van der Waals surface area contributed by atoms with Gasteiger partial charge in [-0.3, -0.25) is 14.4 Å². The van der Waals surface area contributed by atoms with Crippen LogP contribution in [0, 0.1) is 46.8 Å². The molecule has 0 saturated heterocycles. The first-order valence-corrected chi connectivity index (χ1v) is 15.4. The van der Waals surface area contributed by atoms with Crippen molar-refractivity contribution in [3.05, 3.63) is 11.6 Å². The van der Waals surface area contributed by atoms with Crippen molar-refractivity contribution in [1.82, 2.24) is 10.6 Å². The highest BCUT2D eigenvalue weighted by Crippen LogP contribution is 2.67. The summed E-state index contributed by atoms with van der Waals surface area (Å²) >= 11 is 0. The Kier molecular flexibility index (Phi) is 9.31. The Bertz CT molecular complexity index is 1250. The highest BCUT2D eigenvalue weighted by molar-refractivity contribution is 5.96. The number of nitrogens with one attached hydrogen (secondary N) is 2. The third kappa shape index (κ3) is 6.17. The Morgan fingerprint density at radius 1 is 1.12 bits per heavy atom. The zero-order valence-electron chi connectivity index (χ0n) is 25.7. The lowest BCUT2D eigenvalue weighted by atomic mass is 9.46. The number of carboxylic acid groups (broad SMARTS) is 1. The number of allylic oxidation sites excluding steroid dienone is 2. The van der Waals surface area contributed by atoms with Crippen LogP contribution in [0.2, 0.25) is 0 Å². The molecule has 3 fully saturated rings. The van der Waals surface area contributed by atoms with Crippen molar-refractivity contribution in [2.24, 2.45) is 45.4 Å². The number of nitrogens with zero attached hydrogens (tertiary/aromatic N) is 1. The fraction of sp³-hybridized carbons (Fsp3) is 0.719. The van der Waals surface area contributed by atoms with Crippen molar-refractivity contribution < 1.29 is 34.2 Å². The molecule has 4 aliphatic carbocycles. The first-order chi connectivity index (χ1) is 20.1. The SMILES string of the molecule is C#C[C@@]1(O)CC[C@@H]2[C@@H]3CCC4=C/C(=N\OCC(=O)N[C@H](C(=O)N[C@@H](CC(N)=O)C(=O)O)C(C)C)CC[C@]4(C)[C@@H]3CC[C@@]21C. The van der Waals surface area contributed by atoms with Gasteiger partial charge in [0, 0.05) is 5.41 Å². The van der Waals surface area contributed by atoms with Crippen molar-refractivity contribution in [2.75, 3.05) is 6.61 Å². The van der Waals surface area contributed by atoms with E-state index >= 15 is 0 Å². The molecule has 0 aromatic heterocycles. The summed E-state index contributed by atoms with van der Waals surface area (Å²) in [5.41, 5.74) is 6.03. The van der Waals surface area contributed by atoms with Crippen molar-refractivity contribution in [3.8, 4) is 12.3 Å². The lowest BCUT2D eigenvalue weighted by Crippen LogP contribution is -2.54. The van der Waals surface area contributed by atoms with Gasteiger partial charge in [0.1, 0.15) is 17.7 Å². The molecule has 6 N–H and O–H groups in total. The minimum atomic E-state index is -1.49. The van der Waals surface area contributed by atoms with Crippen LogP contribution in [0.5, 0.6) is 0 Å². The molecule has 0 heterocycles. The van der Waals surface area contributed by atoms with Crippen LogP contribution >= 0.6 is 0 Å². The average Bonchev–Trinajstić information content (AvgIpc) is 3.21. The molecule has 11 nitrogen and oxygen atoms in total. The van der Waals surface area contributed by atoms with Crippen LogP contribution in [-0.2, 0) is 24.0 Å². The van der Waals surface area contributed by atoms with Gasteiger partial charge in [0.25, 0.3) is 5.91 Å². The summed E-state index contributed by atoms with van der Waals surface area (Å²) < 4.78 is 0. The molecule has 3 saturated carbocycles. The number of hydrogen-bond acceptors (Lipinski definition) is 7. The topological polar surface area (TPSA) is 180 Å². The summed E-state index contributed by atoms with van der Waals surface area (Å²) in [6.45, 7) is 7.54. The van der Waals surface area contributed by atoms with Gasteiger partial charge in [-0.25, -0.2) is 4.79 Å². The van der Waals surface area contributed by atoms with E-state index in [0.29, 0.717) is 30.6 Å². The minimum absolute atomic E-state index is 0.0532. The summed E-state index contributed by atoms with van der Waals surface area (Å²) in [5.74, 6) is 0.285. The van der Waals surface area contributed by atoms with Gasteiger partial charge in [0.15, 0.2) is 6.61 Å². The van der Waals surface area contributed by atoms with E-state index in [1.165, 1.54) is 5.57 Å². The van der Waals surface area contributed by atoms with Crippen molar-refractivity contribution in [3.63, 3.8) is 0 Å². The number of hydrogen-bond donors (Lipinski definition) is 5. The lowest BCUT2D eigenvalue weighted by molar-refractivity contribution is -0.144. The first-order valence-electron chi connectivity index (χ1n) is 15.4. The van der Waals surface area contributed by atoms with Crippen LogP contribution in [0.4, 0.5) is 0 Å².